The number of rotatable bonds is 4. The molecule has 0 saturated carbocycles. The third kappa shape index (κ3) is 3.54. The highest BCUT2D eigenvalue weighted by molar-refractivity contribution is 8.12. The van der Waals surface area contributed by atoms with Crippen molar-refractivity contribution in [2.24, 2.45) is 0 Å². The van der Waals surface area contributed by atoms with Crippen molar-refractivity contribution >= 4 is 23.9 Å². The molecular weight excluding hydrogens is 226 g/mol. The monoisotopic (exact) mass is 235 g/mol. The normalized spacial score (nSPS) is 10.1. The van der Waals surface area contributed by atoms with E-state index < -0.39 is 0 Å². The molecule has 3 nitrogen and oxygen atoms in total. The first-order chi connectivity index (χ1) is 7.45. The number of hydrogen-bond donors (Lipinski definition) is 1. The Bertz CT molecular complexity index is 354. The lowest BCUT2D eigenvalue weighted by molar-refractivity contribution is 1.12. The quantitative estimate of drug-likeness (QED) is 0.825. The van der Waals surface area contributed by atoms with E-state index >= 15 is 0 Å². The summed E-state index contributed by atoms with van der Waals surface area (Å²) in [5.74, 6) is 0. The number of nitrogens with one attached hydrogen (secondary N) is 1. The van der Waals surface area contributed by atoms with Crippen molar-refractivity contribution in [3.8, 4) is 0 Å². The minimum absolute atomic E-state index is 0.945. The van der Waals surface area contributed by atoms with Crippen molar-refractivity contribution in [1.29, 1.82) is 0 Å². The Morgan fingerprint density at radius 2 is 1.33 bits per heavy atom. The fraction of sp³-hybridized carbons (Fsp3) is 0. The predicted octanol–water partition coefficient (Wildman–Crippen LogP) is 2.78. The van der Waals surface area contributed by atoms with E-state index in [9.17, 15) is 0 Å². The number of pyridine rings is 2. The fourth-order valence-corrected chi connectivity index (χ4v) is 2.29. The molecule has 2 rings (SSSR count). The zero-order chi connectivity index (χ0) is 10.3. The minimum atomic E-state index is 0.945. The van der Waals surface area contributed by atoms with E-state index in [1.54, 1.807) is 12.4 Å². The molecule has 0 radical (unpaired) electrons. The van der Waals surface area contributed by atoms with E-state index in [-0.39, 0.29) is 0 Å². The van der Waals surface area contributed by atoms with Crippen LogP contribution in [0.15, 0.2) is 58.8 Å². The summed E-state index contributed by atoms with van der Waals surface area (Å²) in [6.07, 6.45) is 3.55. The van der Waals surface area contributed by atoms with Gasteiger partial charge < -0.3 is 0 Å². The van der Waals surface area contributed by atoms with E-state index in [0.717, 1.165) is 10.1 Å². The maximum absolute atomic E-state index is 4.18. The van der Waals surface area contributed by atoms with Crippen LogP contribution in [0.2, 0.25) is 0 Å². The summed E-state index contributed by atoms with van der Waals surface area (Å²) in [5.41, 5.74) is 0. The number of aromatic nitrogens is 2. The highest BCUT2D eigenvalue weighted by Gasteiger charge is 1.95. The van der Waals surface area contributed by atoms with Crippen LogP contribution in [0.3, 0.4) is 0 Å². The Balaban J connectivity index is 1.81. The average molecular weight is 235 g/mol. The topological polar surface area (TPSA) is 37.8 Å². The molecule has 76 valence electrons. The molecule has 0 bridgehead atoms. The van der Waals surface area contributed by atoms with Crippen LogP contribution >= 0.6 is 23.9 Å². The Hall–Kier alpha value is -1.04. The largest absolute Gasteiger partial charge is 0.249 e. The fourth-order valence-electron chi connectivity index (χ4n) is 0.921. The molecule has 0 spiro atoms. The molecule has 0 aliphatic heterocycles. The average Bonchev–Trinajstić information content (AvgIpc) is 2.32. The molecule has 2 aromatic heterocycles. The molecule has 0 fully saturated rings. The van der Waals surface area contributed by atoms with E-state index in [2.05, 4.69) is 14.1 Å². The predicted molar refractivity (Wildman–Crippen MR) is 63.3 cm³/mol. The molecule has 2 heterocycles. The lowest BCUT2D eigenvalue weighted by Crippen LogP contribution is -1.92. The molecule has 0 saturated heterocycles. The van der Waals surface area contributed by atoms with Crippen molar-refractivity contribution in [3.05, 3.63) is 48.8 Å². The molecule has 0 aromatic carbocycles. The first-order valence-electron chi connectivity index (χ1n) is 4.36. The molecule has 0 aliphatic rings. The van der Waals surface area contributed by atoms with Gasteiger partial charge in [0.05, 0.1) is 0 Å². The summed E-state index contributed by atoms with van der Waals surface area (Å²) in [6, 6.07) is 11.6. The second-order valence-corrected chi connectivity index (χ2v) is 4.53. The molecule has 0 amide bonds. The Kier molecular flexibility index (Phi) is 4.01. The summed E-state index contributed by atoms with van der Waals surface area (Å²) in [6.45, 7) is 0. The second-order valence-electron chi connectivity index (χ2n) is 2.62. The van der Waals surface area contributed by atoms with Gasteiger partial charge in [0.15, 0.2) is 0 Å². The molecule has 2 aromatic rings. The number of hydrogen-bond acceptors (Lipinski definition) is 5. The standard InChI is InChI=1S/C10H9N3S2/c1-3-7-11-9(5-1)14-13-15-10-6-2-4-8-12-10/h1-8,13H. The van der Waals surface area contributed by atoms with Crippen molar-refractivity contribution in [2.45, 2.75) is 10.1 Å². The highest BCUT2D eigenvalue weighted by atomic mass is 32.2. The Morgan fingerprint density at radius 3 is 1.73 bits per heavy atom. The van der Waals surface area contributed by atoms with Crippen LogP contribution in [0.1, 0.15) is 0 Å². The van der Waals surface area contributed by atoms with Gasteiger partial charge in [-0.05, 0) is 48.2 Å². The van der Waals surface area contributed by atoms with Crippen molar-refractivity contribution < 1.29 is 0 Å². The van der Waals surface area contributed by atoms with Gasteiger partial charge in [0.25, 0.3) is 0 Å². The molecular formula is C10H9N3S2. The molecule has 5 heteroatoms. The molecule has 1 N–H and O–H groups in total. The lowest BCUT2D eigenvalue weighted by atomic mass is 10.5. The van der Waals surface area contributed by atoms with Crippen molar-refractivity contribution in [3.63, 3.8) is 0 Å². The molecule has 0 aliphatic carbocycles. The van der Waals surface area contributed by atoms with Gasteiger partial charge in [-0.3, -0.25) is 0 Å². The SMILES string of the molecule is c1ccc(SNSc2ccccn2)nc1. The van der Waals surface area contributed by atoms with Crippen LogP contribution in [0.5, 0.6) is 0 Å². The maximum Gasteiger partial charge on any atom is 0.112 e. The second kappa shape index (κ2) is 5.75. The summed E-state index contributed by atoms with van der Waals surface area (Å²) < 4.78 is 3.13. The van der Waals surface area contributed by atoms with Gasteiger partial charge in [-0.1, -0.05) is 12.1 Å². The lowest BCUT2D eigenvalue weighted by Gasteiger charge is -2.00. The van der Waals surface area contributed by atoms with Gasteiger partial charge in [0.2, 0.25) is 0 Å². The van der Waals surface area contributed by atoms with Crippen LogP contribution in [0.25, 0.3) is 0 Å². The van der Waals surface area contributed by atoms with Crippen LogP contribution < -0.4 is 4.13 Å². The van der Waals surface area contributed by atoms with Gasteiger partial charge in [-0.15, -0.1) is 0 Å². The zero-order valence-electron chi connectivity index (χ0n) is 7.83. The Morgan fingerprint density at radius 1 is 0.800 bits per heavy atom. The summed E-state index contributed by atoms with van der Waals surface area (Å²) in [4.78, 5) is 8.35. The van der Waals surface area contributed by atoms with E-state index in [4.69, 9.17) is 0 Å². The van der Waals surface area contributed by atoms with Crippen molar-refractivity contribution in [2.75, 3.05) is 0 Å². The van der Waals surface area contributed by atoms with Crippen LogP contribution in [-0.2, 0) is 0 Å². The Labute approximate surface area is 97.0 Å². The number of nitrogens with zero attached hydrogens (tertiary/aromatic N) is 2. The summed E-state index contributed by atoms with van der Waals surface area (Å²) in [7, 11) is 0. The van der Waals surface area contributed by atoms with Gasteiger partial charge in [0.1, 0.15) is 10.1 Å². The molecule has 15 heavy (non-hydrogen) atoms. The van der Waals surface area contributed by atoms with Gasteiger partial charge in [0, 0.05) is 12.4 Å². The van der Waals surface area contributed by atoms with Gasteiger partial charge in [-0.25, -0.2) is 9.97 Å². The van der Waals surface area contributed by atoms with Crippen molar-refractivity contribution in [1.82, 2.24) is 14.1 Å². The molecule has 0 atom stereocenters. The van der Waals surface area contributed by atoms with Gasteiger partial charge >= 0.3 is 0 Å². The van der Waals surface area contributed by atoms with E-state index in [1.165, 1.54) is 23.9 Å². The summed E-state index contributed by atoms with van der Waals surface area (Å²) in [5, 5.41) is 1.89. The first kappa shape index (κ1) is 10.5. The molecule has 0 unspecified atom stereocenters. The van der Waals surface area contributed by atoms with E-state index in [0.29, 0.717) is 0 Å². The van der Waals surface area contributed by atoms with Crippen LogP contribution in [0, 0.1) is 0 Å². The third-order valence-electron chi connectivity index (χ3n) is 1.57. The highest BCUT2D eigenvalue weighted by Crippen LogP contribution is 2.18. The van der Waals surface area contributed by atoms with Crippen LogP contribution in [-0.4, -0.2) is 9.97 Å². The maximum atomic E-state index is 4.18. The minimum Gasteiger partial charge on any atom is -0.249 e. The van der Waals surface area contributed by atoms with Crippen LogP contribution in [0.4, 0.5) is 0 Å². The summed E-state index contributed by atoms with van der Waals surface area (Å²) >= 11 is 2.95. The third-order valence-corrected chi connectivity index (χ3v) is 3.14. The smallest absolute Gasteiger partial charge is 0.112 e. The van der Waals surface area contributed by atoms with Gasteiger partial charge in [-0.2, -0.15) is 4.13 Å². The van der Waals surface area contributed by atoms with E-state index in [1.807, 2.05) is 36.4 Å². The first-order valence-corrected chi connectivity index (χ1v) is 5.99. The zero-order valence-corrected chi connectivity index (χ0v) is 9.46.